The van der Waals surface area contributed by atoms with Crippen LogP contribution in [0, 0.1) is 5.92 Å². The maximum Gasteiger partial charge on any atom is 0.188 e. The van der Waals surface area contributed by atoms with Gasteiger partial charge in [0.2, 0.25) is 0 Å². The second-order valence-corrected chi connectivity index (χ2v) is 5.97. The van der Waals surface area contributed by atoms with Crippen LogP contribution in [0.2, 0.25) is 5.02 Å². The molecule has 4 N–H and O–H groups in total. The molecule has 0 aliphatic carbocycles. The minimum atomic E-state index is -1.14. The maximum absolute atomic E-state index is 10.5. The van der Waals surface area contributed by atoms with Crippen LogP contribution in [-0.2, 0) is 5.60 Å². The molecule has 4 nitrogen and oxygen atoms in total. The van der Waals surface area contributed by atoms with Gasteiger partial charge in [-0.15, -0.1) is 24.0 Å². The van der Waals surface area contributed by atoms with Crippen molar-refractivity contribution in [2.45, 2.75) is 32.8 Å². The Morgan fingerprint density at radius 3 is 2.62 bits per heavy atom. The molecule has 0 aromatic heterocycles. The highest BCUT2D eigenvalue weighted by Crippen LogP contribution is 2.27. The molecule has 0 aliphatic heterocycles. The third-order valence-electron chi connectivity index (χ3n) is 3.04. The summed E-state index contributed by atoms with van der Waals surface area (Å²) in [6, 6.07) is 7.20. The van der Waals surface area contributed by atoms with Gasteiger partial charge < -0.3 is 16.2 Å². The molecule has 21 heavy (non-hydrogen) atoms. The number of halogens is 2. The Labute approximate surface area is 149 Å². The van der Waals surface area contributed by atoms with Crippen molar-refractivity contribution in [3.8, 4) is 0 Å². The van der Waals surface area contributed by atoms with E-state index in [0.717, 1.165) is 13.0 Å². The lowest BCUT2D eigenvalue weighted by Crippen LogP contribution is -2.35. The second-order valence-electron chi connectivity index (χ2n) is 5.56. The minimum absolute atomic E-state index is 0. The van der Waals surface area contributed by atoms with Crippen molar-refractivity contribution in [3.63, 3.8) is 0 Å². The van der Waals surface area contributed by atoms with E-state index in [-0.39, 0.29) is 30.5 Å². The molecule has 0 spiro atoms. The Morgan fingerprint density at radius 1 is 1.43 bits per heavy atom. The monoisotopic (exact) mass is 425 g/mol. The third kappa shape index (κ3) is 7.33. The Morgan fingerprint density at radius 2 is 2.05 bits per heavy atom. The van der Waals surface area contributed by atoms with Crippen molar-refractivity contribution in [1.82, 2.24) is 5.32 Å². The van der Waals surface area contributed by atoms with Gasteiger partial charge in [-0.25, -0.2) is 0 Å². The fraction of sp³-hybridized carbons (Fsp3) is 0.533. The molecular weight excluding hydrogens is 401 g/mol. The zero-order chi connectivity index (χ0) is 15.2. The lowest BCUT2D eigenvalue weighted by atomic mass is 9.96. The highest BCUT2D eigenvalue weighted by atomic mass is 127. The zero-order valence-electron chi connectivity index (χ0n) is 12.8. The summed E-state index contributed by atoms with van der Waals surface area (Å²) in [6.07, 6.45) is 1.02. The van der Waals surface area contributed by atoms with E-state index >= 15 is 0 Å². The van der Waals surface area contributed by atoms with E-state index in [0.29, 0.717) is 22.5 Å². The van der Waals surface area contributed by atoms with E-state index in [1.165, 1.54) is 0 Å². The highest BCUT2D eigenvalue weighted by Gasteiger charge is 2.25. The van der Waals surface area contributed by atoms with Gasteiger partial charge in [0.25, 0.3) is 0 Å². The quantitative estimate of drug-likeness (QED) is 0.372. The van der Waals surface area contributed by atoms with E-state index < -0.39 is 5.60 Å². The summed E-state index contributed by atoms with van der Waals surface area (Å²) in [6.45, 7) is 6.92. The van der Waals surface area contributed by atoms with Gasteiger partial charge in [-0.1, -0.05) is 43.6 Å². The fourth-order valence-corrected chi connectivity index (χ4v) is 2.11. The summed E-state index contributed by atoms with van der Waals surface area (Å²) < 4.78 is 0. The zero-order valence-corrected chi connectivity index (χ0v) is 15.9. The summed E-state index contributed by atoms with van der Waals surface area (Å²) in [4.78, 5) is 4.18. The first-order chi connectivity index (χ1) is 9.33. The van der Waals surface area contributed by atoms with E-state index in [4.69, 9.17) is 17.3 Å². The van der Waals surface area contributed by atoms with Crippen LogP contribution in [0.1, 0.15) is 32.8 Å². The van der Waals surface area contributed by atoms with Gasteiger partial charge in [-0.2, -0.15) is 0 Å². The fourth-order valence-electron chi connectivity index (χ4n) is 1.77. The van der Waals surface area contributed by atoms with Crippen molar-refractivity contribution in [3.05, 3.63) is 34.9 Å². The van der Waals surface area contributed by atoms with Crippen LogP contribution in [0.25, 0.3) is 0 Å². The first-order valence-corrected chi connectivity index (χ1v) is 7.22. The molecule has 1 atom stereocenters. The molecule has 0 radical (unpaired) electrons. The van der Waals surface area contributed by atoms with Crippen LogP contribution in [-0.4, -0.2) is 24.2 Å². The molecule has 0 aliphatic rings. The summed E-state index contributed by atoms with van der Waals surface area (Å²) >= 11 is 6.09. The number of nitrogens with one attached hydrogen (secondary N) is 1. The number of hydrogen-bond acceptors (Lipinski definition) is 2. The third-order valence-corrected chi connectivity index (χ3v) is 3.37. The van der Waals surface area contributed by atoms with E-state index in [9.17, 15) is 5.11 Å². The molecule has 1 aromatic carbocycles. The van der Waals surface area contributed by atoms with Crippen LogP contribution >= 0.6 is 35.6 Å². The van der Waals surface area contributed by atoms with Crippen LogP contribution in [0.4, 0.5) is 0 Å². The number of benzene rings is 1. The van der Waals surface area contributed by atoms with Gasteiger partial charge in [0, 0.05) is 17.1 Å². The molecule has 6 heteroatoms. The standard InChI is InChI=1S/C15H24ClN3O.HI/c1-11(2)8-9-18-14(17)19-10-15(3,20)12-6-4-5-7-13(12)16;/h4-7,11,20H,8-10H2,1-3H3,(H3,17,18,19);1H. The van der Waals surface area contributed by atoms with Crippen molar-refractivity contribution in [1.29, 1.82) is 0 Å². The Balaban J connectivity index is 0.00000400. The van der Waals surface area contributed by atoms with Crippen molar-refractivity contribution in [2.75, 3.05) is 13.1 Å². The lowest BCUT2D eigenvalue weighted by molar-refractivity contribution is 0.0674. The highest BCUT2D eigenvalue weighted by molar-refractivity contribution is 14.0. The SMILES string of the molecule is CC(C)CCNC(N)=NCC(C)(O)c1ccccc1Cl.I. The molecular formula is C15H25ClIN3O. The number of guanidine groups is 1. The van der Waals surface area contributed by atoms with Crippen molar-refractivity contribution in [2.24, 2.45) is 16.6 Å². The molecule has 0 heterocycles. The van der Waals surface area contributed by atoms with Gasteiger partial charge in [-0.05, 0) is 25.3 Å². The molecule has 1 rings (SSSR count). The second kappa shape index (κ2) is 9.48. The normalized spacial score (nSPS) is 14.5. The summed E-state index contributed by atoms with van der Waals surface area (Å²) in [7, 11) is 0. The first-order valence-electron chi connectivity index (χ1n) is 6.84. The van der Waals surface area contributed by atoms with Gasteiger partial charge in [0.05, 0.1) is 6.54 Å². The minimum Gasteiger partial charge on any atom is -0.383 e. The molecule has 1 unspecified atom stereocenters. The Hall–Kier alpha value is -0.530. The number of nitrogens with zero attached hydrogens (tertiary/aromatic N) is 1. The smallest absolute Gasteiger partial charge is 0.188 e. The lowest BCUT2D eigenvalue weighted by Gasteiger charge is -2.23. The first kappa shape index (κ1) is 20.5. The van der Waals surface area contributed by atoms with Gasteiger partial charge in [0.15, 0.2) is 5.96 Å². The van der Waals surface area contributed by atoms with Crippen LogP contribution in [0.3, 0.4) is 0 Å². The van der Waals surface area contributed by atoms with Crippen LogP contribution < -0.4 is 11.1 Å². The Bertz CT molecular complexity index is 464. The summed E-state index contributed by atoms with van der Waals surface area (Å²) in [5.41, 5.74) is 5.29. The molecule has 0 saturated carbocycles. The van der Waals surface area contributed by atoms with Crippen molar-refractivity contribution < 1.29 is 5.11 Å². The number of nitrogens with two attached hydrogens (primary N) is 1. The molecule has 0 amide bonds. The van der Waals surface area contributed by atoms with Gasteiger partial charge in [-0.3, -0.25) is 4.99 Å². The van der Waals surface area contributed by atoms with E-state index in [1.807, 2.05) is 12.1 Å². The Kier molecular flexibility index (Phi) is 9.24. The summed E-state index contributed by atoms with van der Waals surface area (Å²) in [5.74, 6) is 0.958. The topological polar surface area (TPSA) is 70.6 Å². The molecule has 0 fully saturated rings. The van der Waals surface area contributed by atoms with Crippen LogP contribution in [0.5, 0.6) is 0 Å². The molecule has 1 aromatic rings. The van der Waals surface area contributed by atoms with E-state index in [2.05, 4.69) is 24.2 Å². The largest absolute Gasteiger partial charge is 0.383 e. The molecule has 0 saturated heterocycles. The number of rotatable bonds is 6. The van der Waals surface area contributed by atoms with Gasteiger partial charge >= 0.3 is 0 Å². The summed E-state index contributed by atoms with van der Waals surface area (Å²) in [5, 5.41) is 14.0. The number of aliphatic hydroxyl groups is 1. The molecule has 0 bridgehead atoms. The number of hydrogen-bond donors (Lipinski definition) is 3. The van der Waals surface area contributed by atoms with Crippen molar-refractivity contribution >= 4 is 41.5 Å². The molecule has 120 valence electrons. The number of aliphatic imine (C=N–C) groups is 1. The van der Waals surface area contributed by atoms with E-state index in [1.54, 1.807) is 19.1 Å². The predicted molar refractivity (Wildman–Crippen MR) is 100 cm³/mol. The van der Waals surface area contributed by atoms with Gasteiger partial charge in [0.1, 0.15) is 5.60 Å². The van der Waals surface area contributed by atoms with Crippen LogP contribution in [0.15, 0.2) is 29.3 Å². The average molecular weight is 426 g/mol. The maximum atomic E-state index is 10.5. The average Bonchev–Trinajstić information content (AvgIpc) is 2.36. The predicted octanol–water partition coefficient (Wildman–Crippen LogP) is 3.12.